The van der Waals surface area contributed by atoms with Gasteiger partial charge >= 0.3 is 11.9 Å². The average molecular weight is 240 g/mol. The largest absolute Gasteiger partial charge is 0.475 e. The summed E-state index contributed by atoms with van der Waals surface area (Å²) >= 11 is 0. The molecule has 0 saturated heterocycles. The number of furan rings is 1. The van der Waals surface area contributed by atoms with Gasteiger partial charge in [-0.1, -0.05) is 0 Å². The molecule has 17 heavy (non-hydrogen) atoms. The van der Waals surface area contributed by atoms with Crippen molar-refractivity contribution >= 4 is 17.6 Å². The lowest BCUT2D eigenvalue weighted by Crippen LogP contribution is -2.43. The van der Waals surface area contributed by atoms with Crippen molar-refractivity contribution in [3.05, 3.63) is 11.8 Å². The lowest BCUT2D eigenvalue weighted by atomic mass is 10.2. The number of likely N-dealkylation sites (N-methyl/N-ethyl adjacent to an activating group) is 1. The number of ether oxygens (including phenoxy) is 1. The molecule has 1 aliphatic heterocycles. The lowest BCUT2D eigenvalue weighted by molar-refractivity contribution is -0.124. The fraction of sp³-hybridized carbons (Fsp3) is 0.400. The third-order valence-corrected chi connectivity index (χ3v) is 2.24. The normalized spacial score (nSPS) is 18.5. The van der Waals surface area contributed by atoms with Crippen LogP contribution in [0.1, 0.15) is 10.6 Å². The van der Waals surface area contributed by atoms with Gasteiger partial charge in [0.2, 0.25) is 5.76 Å². The van der Waals surface area contributed by atoms with Crippen LogP contribution in [0.2, 0.25) is 0 Å². The van der Waals surface area contributed by atoms with E-state index in [1.54, 1.807) is 19.0 Å². The van der Waals surface area contributed by atoms with Gasteiger partial charge < -0.3 is 24.5 Å². The number of hydrogen-bond donors (Lipinski definition) is 2. The summed E-state index contributed by atoms with van der Waals surface area (Å²) in [4.78, 5) is 24.1. The standard InChI is InChI=1S/C10H12N2O5/c1-12(2)4-7-8(13)11-5-3-6(9(14)15)16-10(5)17-7/h3,7H,4H2,1-2H3,(H,11,13)(H,14,15). The van der Waals surface area contributed by atoms with Crippen molar-refractivity contribution in [1.82, 2.24) is 4.90 Å². The number of amides is 1. The van der Waals surface area contributed by atoms with Crippen LogP contribution >= 0.6 is 0 Å². The molecule has 1 unspecified atom stereocenters. The predicted molar refractivity (Wildman–Crippen MR) is 57.3 cm³/mol. The number of aromatic carboxylic acids is 1. The fourth-order valence-electron chi connectivity index (χ4n) is 1.50. The molecule has 1 aromatic rings. The van der Waals surface area contributed by atoms with Gasteiger partial charge in [-0.3, -0.25) is 4.79 Å². The van der Waals surface area contributed by atoms with E-state index in [9.17, 15) is 9.59 Å². The van der Waals surface area contributed by atoms with E-state index in [0.717, 1.165) is 0 Å². The zero-order chi connectivity index (χ0) is 12.6. The first-order valence-electron chi connectivity index (χ1n) is 4.96. The molecule has 7 nitrogen and oxygen atoms in total. The van der Waals surface area contributed by atoms with Gasteiger partial charge in [-0.2, -0.15) is 0 Å². The Morgan fingerprint density at radius 3 is 2.88 bits per heavy atom. The minimum absolute atomic E-state index is 0.0360. The molecule has 0 fully saturated rings. The van der Waals surface area contributed by atoms with Crippen LogP contribution in [0.5, 0.6) is 5.95 Å². The van der Waals surface area contributed by atoms with E-state index >= 15 is 0 Å². The number of carbonyl (C=O) groups excluding carboxylic acids is 1. The minimum Gasteiger partial charge on any atom is -0.475 e. The van der Waals surface area contributed by atoms with Gasteiger partial charge in [-0.05, 0) is 14.1 Å². The van der Waals surface area contributed by atoms with Crippen molar-refractivity contribution in [2.75, 3.05) is 26.0 Å². The maximum absolute atomic E-state index is 11.6. The average Bonchev–Trinajstić information content (AvgIpc) is 2.60. The summed E-state index contributed by atoms with van der Waals surface area (Å²) in [6.45, 7) is 0.383. The Morgan fingerprint density at radius 1 is 1.59 bits per heavy atom. The van der Waals surface area contributed by atoms with Crippen molar-refractivity contribution in [2.45, 2.75) is 6.10 Å². The number of nitrogens with zero attached hydrogens (tertiary/aromatic N) is 1. The predicted octanol–water partition coefficient (Wildman–Crippen LogP) is 0.239. The van der Waals surface area contributed by atoms with Crippen molar-refractivity contribution in [3.8, 4) is 5.95 Å². The Balaban J connectivity index is 2.22. The number of hydrogen-bond acceptors (Lipinski definition) is 5. The van der Waals surface area contributed by atoms with Crippen molar-refractivity contribution < 1.29 is 23.8 Å². The van der Waals surface area contributed by atoms with Crippen LogP contribution in [-0.4, -0.2) is 48.6 Å². The Hall–Kier alpha value is -2.02. The molecule has 0 saturated carbocycles. The summed E-state index contributed by atoms with van der Waals surface area (Å²) in [6, 6.07) is 1.22. The first-order valence-corrected chi connectivity index (χ1v) is 4.96. The highest BCUT2D eigenvalue weighted by Gasteiger charge is 2.32. The van der Waals surface area contributed by atoms with Gasteiger partial charge in [0, 0.05) is 12.6 Å². The van der Waals surface area contributed by atoms with Crippen LogP contribution in [0.25, 0.3) is 0 Å². The highest BCUT2D eigenvalue weighted by molar-refractivity contribution is 5.98. The highest BCUT2D eigenvalue weighted by Crippen LogP contribution is 2.33. The molecule has 7 heteroatoms. The Bertz CT molecular complexity index is 465. The van der Waals surface area contributed by atoms with E-state index in [4.69, 9.17) is 14.3 Å². The smallest absolute Gasteiger partial charge is 0.372 e. The minimum atomic E-state index is -1.21. The number of carboxylic acids is 1. The zero-order valence-electron chi connectivity index (χ0n) is 9.39. The Kier molecular flexibility index (Phi) is 2.76. The quantitative estimate of drug-likeness (QED) is 0.786. The van der Waals surface area contributed by atoms with Gasteiger partial charge in [-0.25, -0.2) is 4.79 Å². The molecular weight excluding hydrogens is 228 g/mol. The molecule has 0 aromatic carbocycles. The van der Waals surface area contributed by atoms with E-state index < -0.39 is 12.1 Å². The van der Waals surface area contributed by atoms with Crippen LogP contribution in [0.3, 0.4) is 0 Å². The summed E-state index contributed by atoms with van der Waals surface area (Å²) in [5.41, 5.74) is 0.252. The molecule has 0 bridgehead atoms. The van der Waals surface area contributed by atoms with Crippen LogP contribution in [0, 0.1) is 0 Å². The molecule has 1 aliphatic rings. The summed E-state index contributed by atoms with van der Waals surface area (Å²) in [6.07, 6.45) is -0.703. The second-order valence-electron chi connectivity index (χ2n) is 3.97. The van der Waals surface area contributed by atoms with Crippen LogP contribution in [-0.2, 0) is 4.79 Å². The molecule has 2 rings (SSSR count). The number of anilines is 1. The number of carboxylic acid groups (broad SMARTS) is 1. The Morgan fingerprint density at radius 2 is 2.29 bits per heavy atom. The molecule has 2 N–H and O–H groups in total. The second kappa shape index (κ2) is 4.10. The number of fused-ring (bicyclic) bond motifs is 1. The van der Waals surface area contributed by atoms with E-state index in [-0.39, 0.29) is 23.3 Å². The molecule has 0 aliphatic carbocycles. The summed E-state index contributed by atoms with van der Waals surface area (Å²) < 4.78 is 10.3. The molecule has 0 spiro atoms. The van der Waals surface area contributed by atoms with Crippen LogP contribution < -0.4 is 10.1 Å². The van der Waals surface area contributed by atoms with Gasteiger partial charge in [0.1, 0.15) is 5.69 Å². The molecular formula is C10H12N2O5. The third kappa shape index (κ3) is 2.23. The molecule has 1 atom stereocenters. The second-order valence-corrected chi connectivity index (χ2v) is 3.97. The Labute approximate surface area is 97.0 Å². The fourth-order valence-corrected chi connectivity index (χ4v) is 1.50. The van der Waals surface area contributed by atoms with Gasteiger partial charge in [0.15, 0.2) is 6.10 Å². The molecule has 2 heterocycles. The van der Waals surface area contributed by atoms with Crippen molar-refractivity contribution in [3.63, 3.8) is 0 Å². The highest BCUT2D eigenvalue weighted by atomic mass is 16.6. The van der Waals surface area contributed by atoms with Gasteiger partial charge in [0.05, 0.1) is 0 Å². The van der Waals surface area contributed by atoms with Crippen molar-refractivity contribution in [1.29, 1.82) is 0 Å². The SMILES string of the molecule is CN(C)CC1Oc2oc(C(=O)O)cc2NC1=O. The zero-order valence-corrected chi connectivity index (χ0v) is 9.39. The first-order chi connectivity index (χ1) is 7.97. The topological polar surface area (TPSA) is 92.0 Å². The summed E-state index contributed by atoms with van der Waals surface area (Å²) in [5, 5.41) is 11.3. The van der Waals surface area contributed by atoms with Crippen LogP contribution in [0.15, 0.2) is 10.5 Å². The number of rotatable bonds is 3. The summed E-state index contributed by atoms with van der Waals surface area (Å²) in [7, 11) is 3.61. The van der Waals surface area contributed by atoms with E-state index in [1.165, 1.54) is 6.07 Å². The number of carbonyl (C=O) groups is 2. The molecule has 92 valence electrons. The molecule has 1 aromatic heterocycles. The maximum Gasteiger partial charge on any atom is 0.372 e. The van der Waals surface area contributed by atoms with E-state index in [2.05, 4.69) is 5.32 Å². The number of nitrogens with one attached hydrogen (secondary N) is 1. The molecule has 0 radical (unpaired) electrons. The first kappa shape index (κ1) is 11.5. The maximum atomic E-state index is 11.6. The van der Waals surface area contributed by atoms with Crippen LogP contribution in [0.4, 0.5) is 5.69 Å². The van der Waals surface area contributed by atoms with Crippen molar-refractivity contribution in [2.24, 2.45) is 0 Å². The monoisotopic (exact) mass is 240 g/mol. The van der Waals surface area contributed by atoms with Gasteiger partial charge in [-0.15, -0.1) is 0 Å². The van der Waals surface area contributed by atoms with Gasteiger partial charge in [0.25, 0.3) is 5.91 Å². The lowest BCUT2D eigenvalue weighted by Gasteiger charge is -2.24. The van der Waals surface area contributed by atoms with E-state index in [1.807, 2.05) is 0 Å². The third-order valence-electron chi connectivity index (χ3n) is 2.24. The molecule has 1 amide bonds. The van der Waals surface area contributed by atoms with E-state index in [0.29, 0.717) is 6.54 Å². The summed E-state index contributed by atoms with van der Waals surface area (Å²) in [5.74, 6) is -1.75.